The fourth-order valence-electron chi connectivity index (χ4n) is 6.26. The van der Waals surface area contributed by atoms with Gasteiger partial charge in [-0.05, 0) is 67.9 Å². The summed E-state index contributed by atoms with van der Waals surface area (Å²) in [4.78, 5) is 42.1. The third-order valence-corrected chi connectivity index (χ3v) is 10.7. The summed E-state index contributed by atoms with van der Waals surface area (Å²) >= 11 is 0. The first kappa shape index (κ1) is 34.8. The van der Waals surface area contributed by atoms with Crippen molar-refractivity contribution in [2.75, 3.05) is 12.3 Å². The van der Waals surface area contributed by atoms with Crippen LogP contribution in [0, 0.1) is 5.92 Å². The zero-order valence-corrected chi connectivity index (χ0v) is 29.4. The van der Waals surface area contributed by atoms with Crippen molar-refractivity contribution in [1.29, 1.82) is 0 Å². The average Bonchev–Trinajstić information content (AvgIpc) is 3.85. The number of fused-ring (bicyclic) bond motifs is 2. The molecule has 6 rings (SSSR count). The maximum absolute atomic E-state index is 14.7. The first-order valence-electron chi connectivity index (χ1n) is 16.1. The molecule has 16 heteroatoms. The van der Waals surface area contributed by atoms with E-state index in [2.05, 4.69) is 35.9 Å². The van der Waals surface area contributed by atoms with E-state index in [9.17, 15) is 18.9 Å². The van der Waals surface area contributed by atoms with Crippen LogP contribution >= 0.6 is 7.75 Å². The van der Waals surface area contributed by atoms with Gasteiger partial charge in [0.05, 0.1) is 12.3 Å². The van der Waals surface area contributed by atoms with Crippen molar-refractivity contribution in [2.45, 2.75) is 102 Å². The van der Waals surface area contributed by atoms with Gasteiger partial charge in [0.2, 0.25) is 5.60 Å². The van der Waals surface area contributed by atoms with Gasteiger partial charge in [0, 0.05) is 13.8 Å². The molecule has 2 aliphatic carbocycles. The number of nitrogens with zero attached hydrogens (tertiary/aromatic N) is 3. The van der Waals surface area contributed by atoms with E-state index >= 15 is 0 Å². The Labute approximate surface area is 283 Å². The lowest BCUT2D eigenvalue weighted by Crippen LogP contribution is -2.50. The minimum atomic E-state index is -4.49. The van der Waals surface area contributed by atoms with E-state index in [0.717, 1.165) is 18.4 Å². The molecular formula is C33H42N5O10P. The number of hydrogen-bond donors (Lipinski definition) is 2. The number of hydrogen-bond acceptors (Lipinski definition) is 13. The van der Waals surface area contributed by atoms with Crippen molar-refractivity contribution in [1.82, 2.24) is 19.7 Å². The average molecular weight is 700 g/mol. The molecule has 0 radical (unpaired) electrons. The number of anilines is 1. The van der Waals surface area contributed by atoms with Gasteiger partial charge in [-0.2, -0.15) is 10.2 Å². The van der Waals surface area contributed by atoms with Crippen LogP contribution in [0.15, 0.2) is 42.7 Å². The van der Waals surface area contributed by atoms with Gasteiger partial charge in [0.1, 0.15) is 41.4 Å². The minimum Gasteiger partial charge on any atom is -0.464 e. The summed E-state index contributed by atoms with van der Waals surface area (Å²) in [6.07, 6.45) is -0.438. The number of nitrogens with one attached hydrogen (secondary N) is 1. The largest absolute Gasteiger partial charge is 0.464 e. The molecule has 2 saturated carbocycles. The van der Waals surface area contributed by atoms with Gasteiger partial charge in [-0.15, -0.1) is 0 Å². The van der Waals surface area contributed by atoms with Gasteiger partial charge in [0.25, 0.3) is 0 Å². The zero-order chi connectivity index (χ0) is 35.5. The van der Waals surface area contributed by atoms with Gasteiger partial charge >= 0.3 is 25.7 Å². The molecule has 1 aliphatic heterocycles. The van der Waals surface area contributed by atoms with Crippen LogP contribution < -0.4 is 15.3 Å². The van der Waals surface area contributed by atoms with Crippen molar-refractivity contribution in [3.8, 4) is 5.75 Å². The quantitative estimate of drug-likeness (QED) is 0.157. The number of carbonyl (C=O) groups is 3. The van der Waals surface area contributed by atoms with Gasteiger partial charge < -0.3 is 29.2 Å². The van der Waals surface area contributed by atoms with Crippen molar-refractivity contribution < 1.29 is 46.9 Å². The number of nitrogen functional groups attached to an aromatic ring is 1. The Morgan fingerprint density at radius 2 is 1.82 bits per heavy atom. The molecule has 0 amide bonds. The molecule has 3 fully saturated rings. The maximum Gasteiger partial charge on any atom is 0.459 e. The summed E-state index contributed by atoms with van der Waals surface area (Å²) in [7, 11) is -4.49. The third-order valence-electron chi connectivity index (χ3n) is 8.99. The first-order chi connectivity index (χ1) is 23.0. The molecule has 0 bridgehead atoms. The SMILES string of the molecule is CC(=O)O[C@@H]1[C@@]2(OC(C)=O)C(OP(=O)(N[C@@H](C)C(=O)OCC3CC3)Oc3ccc(C(C)(C)C)cc3)[C@H]2O[C@@]1(C)c1ccc2c(N)ncnn12. The van der Waals surface area contributed by atoms with E-state index < -0.39 is 61.2 Å². The molecule has 3 aromatic rings. The van der Waals surface area contributed by atoms with Crippen LogP contribution in [0.4, 0.5) is 5.82 Å². The van der Waals surface area contributed by atoms with Crippen LogP contribution in [0.5, 0.6) is 5.75 Å². The monoisotopic (exact) mass is 699 g/mol. The first-order valence-corrected chi connectivity index (χ1v) is 17.7. The zero-order valence-electron chi connectivity index (χ0n) is 28.5. The minimum absolute atomic E-state index is 0.155. The second kappa shape index (κ2) is 12.4. The van der Waals surface area contributed by atoms with E-state index in [-0.39, 0.29) is 23.6 Å². The van der Waals surface area contributed by atoms with Crippen LogP contribution in [-0.2, 0) is 53.4 Å². The third kappa shape index (κ3) is 6.64. The van der Waals surface area contributed by atoms with E-state index in [0.29, 0.717) is 17.1 Å². The molecule has 49 heavy (non-hydrogen) atoms. The Balaban J connectivity index is 1.34. The number of rotatable bonds is 12. The Hall–Kier alpha value is -4.04. The molecule has 3 aliphatic rings. The number of aromatic nitrogens is 3. The summed E-state index contributed by atoms with van der Waals surface area (Å²) < 4.78 is 52.0. The van der Waals surface area contributed by atoms with E-state index in [4.69, 9.17) is 33.7 Å². The van der Waals surface area contributed by atoms with Crippen molar-refractivity contribution >= 4 is 37.0 Å². The topological polar surface area (TPSA) is 192 Å². The standard InChI is InChI=1S/C33H42N5O10P/c1-18(29(41)43-16-21-8-9-21)37-49(42,47-23-12-10-22(11-13-23)31(4,5)6)48-27-26-33(27,45-20(3)40)30(44-19(2)39)32(7,46-26)25-15-14-24-28(34)35-17-36-38(24)25/h10-15,17-18,21,26-27,30H,8-9,16H2,1-7H3,(H,37,42)(H2,34,35,36)/t18-,26+,27?,30-,32-,33-,49?/m0/s1. The number of ether oxygens (including phenoxy) is 4. The highest BCUT2D eigenvalue weighted by atomic mass is 31.2. The molecule has 3 N–H and O–H groups in total. The molecule has 1 saturated heterocycles. The van der Waals surface area contributed by atoms with Crippen LogP contribution in [0.3, 0.4) is 0 Å². The predicted octanol–water partition coefficient (Wildman–Crippen LogP) is 3.97. The van der Waals surface area contributed by atoms with Crippen LogP contribution in [0.1, 0.15) is 72.6 Å². The predicted molar refractivity (Wildman–Crippen MR) is 174 cm³/mol. The fourth-order valence-corrected chi connectivity index (χ4v) is 7.97. The maximum atomic E-state index is 14.7. The lowest BCUT2D eigenvalue weighted by atomic mass is 9.87. The number of benzene rings is 1. The summed E-state index contributed by atoms with van der Waals surface area (Å²) in [6, 6.07) is 9.21. The van der Waals surface area contributed by atoms with Crippen LogP contribution in [0.2, 0.25) is 0 Å². The highest BCUT2D eigenvalue weighted by Crippen LogP contribution is 2.66. The Morgan fingerprint density at radius 1 is 1.12 bits per heavy atom. The summed E-state index contributed by atoms with van der Waals surface area (Å²) in [5.74, 6) is -1.36. The van der Waals surface area contributed by atoms with Crippen LogP contribution in [-0.4, -0.2) is 69.1 Å². The molecule has 2 aromatic heterocycles. The lowest BCUT2D eigenvalue weighted by Gasteiger charge is -2.36. The fraction of sp³-hybridized carbons (Fsp3) is 0.545. The van der Waals surface area contributed by atoms with E-state index in [1.165, 1.54) is 31.6 Å². The molecule has 2 unspecified atom stereocenters. The van der Waals surface area contributed by atoms with Gasteiger partial charge in [-0.1, -0.05) is 32.9 Å². The van der Waals surface area contributed by atoms with Gasteiger partial charge in [-0.3, -0.25) is 18.9 Å². The molecular weight excluding hydrogens is 657 g/mol. The Bertz CT molecular complexity index is 1820. The van der Waals surface area contributed by atoms with Crippen LogP contribution in [0.25, 0.3) is 5.52 Å². The molecule has 264 valence electrons. The number of esters is 3. The Kier molecular flexibility index (Phi) is 8.79. The number of nitrogens with two attached hydrogens (primary N) is 1. The molecule has 15 nitrogen and oxygen atoms in total. The molecule has 7 atom stereocenters. The van der Waals surface area contributed by atoms with Gasteiger partial charge in [-0.25, -0.2) is 14.1 Å². The smallest absolute Gasteiger partial charge is 0.459 e. The van der Waals surface area contributed by atoms with Crippen molar-refractivity contribution in [3.63, 3.8) is 0 Å². The molecule has 3 heterocycles. The second-order valence-corrected chi connectivity index (χ2v) is 15.7. The lowest BCUT2D eigenvalue weighted by molar-refractivity contribution is -0.186. The summed E-state index contributed by atoms with van der Waals surface area (Å²) in [6.45, 7) is 11.9. The highest BCUT2D eigenvalue weighted by molar-refractivity contribution is 7.52. The van der Waals surface area contributed by atoms with E-state index in [1.807, 2.05) is 12.1 Å². The number of carbonyl (C=O) groups excluding carboxylic acids is 3. The molecule has 1 aromatic carbocycles. The van der Waals surface area contributed by atoms with Gasteiger partial charge in [0.15, 0.2) is 11.9 Å². The van der Waals surface area contributed by atoms with Crippen molar-refractivity contribution in [2.24, 2.45) is 5.92 Å². The van der Waals surface area contributed by atoms with E-state index in [1.54, 1.807) is 31.2 Å². The normalized spacial score (nSPS) is 27.9. The van der Waals surface area contributed by atoms with Crippen molar-refractivity contribution in [3.05, 3.63) is 54.0 Å². The highest BCUT2D eigenvalue weighted by Gasteiger charge is 2.87. The molecule has 0 spiro atoms. The Morgan fingerprint density at radius 3 is 2.43 bits per heavy atom. The second-order valence-electron chi connectivity index (χ2n) is 14.1. The summed E-state index contributed by atoms with van der Waals surface area (Å²) in [5.41, 5.74) is 4.59. The summed E-state index contributed by atoms with van der Waals surface area (Å²) in [5, 5.41) is 7.00.